The van der Waals surface area contributed by atoms with Crippen LogP contribution in [0.15, 0.2) is 66.2 Å². The number of alkyl halides is 2. The van der Waals surface area contributed by atoms with Gasteiger partial charge in [-0.25, -0.2) is 10.2 Å². The highest BCUT2D eigenvalue weighted by Crippen LogP contribution is 2.31. The SMILES string of the molecule is Cn1cc(-c2ccc(=NNC(=O)O)n(C(=O)C(F)(F)c3ccc4ncccc4c3)n2)cn1. The fourth-order valence-electron chi connectivity index (χ4n) is 2.99. The lowest BCUT2D eigenvalue weighted by Gasteiger charge is -2.17. The minimum absolute atomic E-state index is 0.166. The van der Waals surface area contributed by atoms with Crippen molar-refractivity contribution in [1.82, 2.24) is 30.0 Å². The second-order valence-electron chi connectivity index (χ2n) is 6.71. The fourth-order valence-corrected chi connectivity index (χ4v) is 2.99. The molecule has 0 saturated heterocycles. The maximum atomic E-state index is 15.3. The van der Waals surface area contributed by atoms with Gasteiger partial charge in [0, 0.05) is 36.0 Å². The van der Waals surface area contributed by atoms with Crippen LogP contribution in [0.2, 0.25) is 0 Å². The number of carbonyl (C=O) groups excluding carboxylic acids is 1. The van der Waals surface area contributed by atoms with Gasteiger partial charge >= 0.3 is 17.9 Å². The number of halogens is 2. The van der Waals surface area contributed by atoms with Gasteiger partial charge < -0.3 is 5.11 Å². The van der Waals surface area contributed by atoms with Crippen LogP contribution in [-0.4, -0.2) is 41.7 Å². The van der Waals surface area contributed by atoms with Gasteiger partial charge in [0.1, 0.15) is 0 Å². The molecule has 3 aromatic heterocycles. The Hall–Kier alpha value is -4.48. The van der Waals surface area contributed by atoms with E-state index in [2.05, 4.69) is 20.3 Å². The normalized spacial score (nSPS) is 12.2. The number of pyridine rings is 1. The fraction of sp³-hybridized carbons (Fsp3) is 0.100. The Balaban J connectivity index is 1.83. The smallest absolute Gasteiger partial charge is 0.425 e. The van der Waals surface area contributed by atoms with Gasteiger partial charge in [-0.3, -0.25) is 14.5 Å². The predicted molar refractivity (Wildman–Crippen MR) is 107 cm³/mol. The number of rotatable bonds is 4. The summed E-state index contributed by atoms with van der Waals surface area (Å²) < 4.78 is 32.4. The molecule has 32 heavy (non-hydrogen) atoms. The van der Waals surface area contributed by atoms with Crippen LogP contribution in [0.25, 0.3) is 22.2 Å². The topological polar surface area (TPSA) is 127 Å². The van der Waals surface area contributed by atoms with E-state index in [4.69, 9.17) is 5.11 Å². The van der Waals surface area contributed by atoms with Gasteiger partial charge in [-0.2, -0.15) is 23.7 Å². The van der Waals surface area contributed by atoms with Crippen molar-refractivity contribution in [2.45, 2.75) is 5.92 Å². The minimum Gasteiger partial charge on any atom is -0.464 e. The first-order valence-corrected chi connectivity index (χ1v) is 9.15. The van der Waals surface area contributed by atoms with E-state index < -0.39 is 29.0 Å². The molecular weight excluding hydrogens is 424 g/mol. The van der Waals surface area contributed by atoms with E-state index in [9.17, 15) is 9.59 Å². The number of carbonyl (C=O) groups is 2. The summed E-state index contributed by atoms with van der Waals surface area (Å²) in [6.45, 7) is 0. The number of fused-ring (bicyclic) bond motifs is 1. The summed E-state index contributed by atoms with van der Waals surface area (Å²) in [5, 5.41) is 20.7. The Morgan fingerprint density at radius 2 is 2.00 bits per heavy atom. The quantitative estimate of drug-likeness (QED) is 0.470. The van der Waals surface area contributed by atoms with Gasteiger partial charge in [0.2, 0.25) is 0 Å². The number of hydrogen-bond acceptors (Lipinski definition) is 6. The molecule has 0 aliphatic heterocycles. The molecule has 0 aliphatic carbocycles. The van der Waals surface area contributed by atoms with Gasteiger partial charge in [-0.05, 0) is 30.3 Å². The lowest BCUT2D eigenvalue weighted by molar-refractivity contribution is -0.00394. The summed E-state index contributed by atoms with van der Waals surface area (Å²) in [7, 11) is 1.66. The molecule has 1 amide bonds. The zero-order chi connectivity index (χ0) is 22.9. The molecule has 0 radical (unpaired) electrons. The minimum atomic E-state index is -4.00. The molecule has 0 atom stereocenters. The van der Waals surface area contributed by atoms with Crippen LogP contribution in [0.5, 0.6) is 0 Å². The van der Waals surface area contributed by atoms with Crippen molar-refractivity contribution in [3.63, 3.8) is 0 Å². The first-order valence-electron chi connectivity index (χ1n) is 9.15. The van der Waals surface area contributed by atoms with E-state index in [1.54, 1.807) is 30.8 Å². The van der Waals surface area contributed by atoms with E-state index in [-0.39, 0.29) is 5.69 Å². The maximum absolute atomic E-state index is 15.3. The summed E-state index contributed by atoms with van der Waals surface area (Å²) in [6.07, 6.45) is 3.02. The van der Waals surface area contributed by atoms with Crippen molar-refractivity contribution >= 4 is 22.9 Å². The third-order valence-corrected chi connectivity index (χ3v) is 4.51. The molecule has 0 fully saturated rings. The van der Waals surface area contributed by atoms with Gasteiger partial charge in [-0.1, -0.05) is 12.1 Å². The molecule has 0 aliphatic rings. The average molecular weight is 439 g/mol. The Morgan fingerprint density at radius 3 is 2.72 bits per heavy atom. The summed E-state index contributed by atoms with van der Waals surface area (Å²) in [4.78, 5) is 27.8. The van der Waals surface area contributed by atoms with Crippen LogP contribution in [-0.2, 0) is 13.0 Å². The highest BCUT2D eigenvalue weighted by Gasteiger charge is 2.43. The molecule has 0 unspecified atom stereocenters. The molecule has 12 heteroatoms. The van der Waals surface area contributed by atoms with Crippen molar-refractivity contribution in [1.29, 1.82) is 0 Å². The number of amides is 1. The standard InChI is InChI=1S/C20H15F2N7O3/c1-28-11-13(10-24-28)16-6-7-17(25-26-19(31)32)29(27-16)18(30)20(21,22)14-4-5-15-12(9-14)3-2-8-23-15/h2-11,26H,1H3,(H,31,32). The van der Waals surface area contributed by atoms with Gasteiger partial charge in [-0.15, -0.1) is 5.10 Å². The highest BCUT2D eigenvalue weighted by molar-refractivity contribution is 5.88. The first kappa shape index (κ1) is 20.8. The molecule has 1 aromatic carbocycles. The molecule has 162 valence electrons. The van der Waals surface area contributed by atoms with Crippen molar-refractivity contribution in [3.8, 4) is 11.3 Å². The highest BCUT2D eigenvalue weighted by atomic mass is 19.3. The molecule has 4 rings (SSSR count). The van der Waals surface area contributed by atoms with Crippen molar-refractivity contribution in [2.75, 3.05) is 0 Å². The Bertz CT molecular complexity index is 1410. The summed E-state index contributed by atoms with van der Waals surface area (Å²) in [5.41, 5.74) is 1.82. The summed E-state index contributed by atoms with van der Waals surface area (Å²) >= 11 is 0. The summed E-state index contributed by atoms with van der Waals surface area (Å²) in [5.74, 6) is -5.71. The molecule has 4 aromatic rings. The zero-order valence-corrected chi connectivity index (χ0v) is 16.5. The lowest BCUT2D eigenvalue weighted by Crippen LogP contribution is -2.41. The third kappa shape index (κ3) is 3.93. The van der Waals surface area contributed by atoms with Crippen LogP contribution in [0.3, 0.4) is 0 Å². The van der Waals surface area contributed by atoms with Crippen LogP contribution in [0, 0.1) is 0 Å². The number of aryl methyl sites for hydroxylation is 1. The van der Waals surface area contributed by atoms with E-state index in [0.717, 1.165) is 12.1 Å². The Labute approximate surface area is 178 Å². The first-order chi connectivity index (χ1) is 15.3. The Morgan fingerprint density at radius 1 is 1.19 bits per heavy atom. The van der Waals surface area contributed by atoms with E-state index in [1.165, 1.54) is 35.3 Å². The Kier molecular flexibility index (Phi) is 5.18. The van der Waals surface area contributed by atoms with Crippen LogP contribution in [0.4, 0.5) is 13.6 Å². The van der Waals surface area contributed by atoms with Gasteiger partial charge in [0.25, 0.3) is 0 Å². The number of hydrogen-bond donors (Lipinski definition) is 2. The molecular formula is C20H15F2N7O3. The lowest BCUT2D eigenvalue weighted by atomic mass is 10.0. The largest absolute Gasteiger partial charge is 0.464 e. The van der Waals surface area contributed by atoms with Crippen molar-refractivity contribution in [2.24, 2.45) is 12.1 Å². The molecule has 3 heterocycles. The second-order valence-corrected chi connectivity index (χ2v) is 6.71. The maximum Gasteiger partial charge on any atom is 0.425 e. The monoisotopic (exact) mass is 439 g/mol. The third-order valence-electron chi connectivity index (χ3n) is 4.51. The number of carboxylic acid groups (broad SMARTS) is 1. The number of benzene rings is 1. The zero-order valence-electron chi connectivity index (χ0n) is 16.5. The number of aromatic nitrogens is 5. The van der Waals surface area contributed by atoms with Crippen LogP contribution >= 0.6 is 0 Å². The van der Waals surface area contributed by atoms with Gasteiger partial charge in [0.05, 0.1) is 17.4 Å². The number of nitrogens with one attached hydrogen (secondary N) is 1. The van der Waals surface area contributed by atoms with E-state index in [0.29, 0.717) is 21.1 Å². The number of nitrogens with zero attached hydrogens (tertiary/aromatic N) is 6. The molecule has 10 nitrogen and oxygen atoms in total. The van der Waals surface area contributed by atoms with E-state index in [1.807, 2.05) is 0 Å². The van der Waals surface area contributed by atoms with Gasteiger partial charge in [0.15, 0.2) is 5.49 Å². The van der Waals surface area contributed by atoms with Crippen molar-refractivity contribution in [3.05, 3.63) is 72.1 Å². The van der Waals surface area contributed by atoms with E-state index >= 15 is 8.78 Å². The molecule has 2 N–H and O–H groups in total. The molecule has 0 spiro atoms. The average Bonchev–Trinajstić information content (AvgIpc) is 3.23. The molecule has 0 saturated carbocycles. The van der Waals surface area contributed by atoms with Crippen molar-refractivity contribution < 1.29 is 23.5 Å². The van der Waals surface area contributed by atoms with Crippen LogP contribution < -0.4 is 10.9 Å². The molecule has 0 bridgehead atoms. The predicted octanol–water partition coefficient (Wildman–Crippen LogP) is 2.35. The second kappa shape index (κ2) is 7.98. The van der Waals surface area contributed by atoms with Crippen LogP contribution in [0.1, 0.15) is 10.4 Å². The summed E-state index contributed by atoms with van der Waals surface area (Å²) in [6, 6.07) is 9.44.